The average Bonchev–Trinajstić information content (AvgIpc) is 2.90. The minimum atomic E-state index is 0.289. The fourth-order valence-corrected chi connectivity index (χ4v) is 2.25. The van der Waals surface area contributed by atoms with Crippen LogP contribution in [0.4, 0.5) is 0 Å². The van der Waals surface area contributed by atoms with Crippen LogP contribution in [0.1, 0.15) is 71.7 Å². The average molecular weight is 332 g/mol. The van der Waals surface area contributed by atoms with E-state index in [-0.39, 0.29) is 5.78 Å². The molecule has 0 aromatic carbocycles. The van der Waals surface area contributed by atoms with Gasteiger partial charge in [0.1, 0.15) is 17.2 Å². The summed E-state index contributed by atoms with van der Waals surface area (Å²) in [6.07, 6.45) is 5.73. The molecule has 0 unspecified atom stereocenters. The highest BCUT2D eigenvalue weighted by atomic mass is 16.1. The highest BCUT2D eigenvalue weighted by Gasteiger charge is 2.09. The fourth-order valence-electron chi connectivity index (χ4n) is 2.25. The molecule has 2 rings (SSSR count). The molecule has 0 N–H and O–H groups in total. The summed E-state index contributed by atoms with van der Waals surface area (Å²) < 4.78 is 2.07. The number of aromatic nitrogens is 2. The zero-order valence-electron chi connectivity index (χ0n) is 16.1. The van der Waals surface area contributed by atoms with Gasteiger partial charge < -0.3 is 9.20 Å². The van der Waals surface area contributed by atoms with Crippen molar-refractivity contribution >= 4 is 17.2 Å². The summed E-state index contributed by atoms with van der Waals surface area (Å²) in [5, 5.41) is 0. The third kappa shape index (κ3) is 7.53. The Morgan fingerprint density at radius 2 is 1.79 bits per heavy atom. The number of imidazole rings is 1. The Labute approximate surface area is 146 Å². The van der Waals surface area contributed by atoms with E-state index in [0.717, 1.165) is 36.3 Å². The van der Waals surface area contributed by atoms with Crippen LogP contribution in [0, 0.1) is 6.92 Å². The summed E-state index contributed by atoms with van der Waals surface area (Å²) in [6.45, 7) is 11.5. The first-order chi connectivity index (χ1) is 11.5. The summed E-state index contributed by atoms with van der Waals surface area (Å²) in [7, 11) is 0. The van der Waals surface area contributed by atoms with Crippen LogP contribution in [0.5, 0.6) is 0 Å². The van der Waals surface area contributed by atoms with Crippen LogP contribution >= 0.6 is 0 Å². The number of ketones is 2. The van der Waals surface area contributed by atoms with E-state index in [1.54, 1.807) is 6.92 Å². The number of Topliss-reactive ketones (excluding diaryl/α,β-unsaturated/α-hetero) is 2. The molecule has 0 bridgehead atoms. The topological polar surface area (TPSA) is 51.4 Å². The van der Waals surface area contributed by atoms with Crippen molar-refractivity contribution in [3.63, 3.8) is 0 Å². The highest BCUT2D eigenvalue weighted by Crippen LogP contribution is 2.13. The van der Waals surface area contributed by atoms with Crippen molar-refractivity contribution < 1.29 is 9.59 Å². The quantitative estimate of drug-likeness (QED) is 0.751. The number of hydrogen-bond acceptors (Lipinski definition) is 3. The largest absolute Gasteiger partial charge is 0.304 e. The Hall–Kier alpha value is -1.97. The van der Waals surface area contributed by atoms with Crippen molar-refractivity contribution in [1.29, 1.82) is 0 Å². The molecule has 24 heavy (non-hydrogen) atoms. The molecule has 0 amide bonds. The lowest BCUT2D eigenvalue weighted by Gasteiger charge is -2.01. The Bertz CT molecular complexity index is 630. The van der Waals surface area contributed by atoms with Crippen LogP contribution in [0.15, 0.2) is 24.4 Å². The monoisotopic (exact) mass is 332 g/mol. The molecule has 0 aliphatic heterocycles. The molecule has 0 fully saturated rings. The number of nitrogens with zero attached hydrogens (tertiary/aromatic N) is 2. The molecular weight excluding hydrogens is 300 g/mol. The molecule has 0 atom stereocenters. The molecule has 134 valence electrons. The smallest absolute Gasteiger partial charge is 0.137 e. The first kappa shape index (κ1) is 22.0. The van der Waals surface area contributed by atoms with Crippen molar-refractivity contribution in [2.45, 2.75) is 73.6 Å². The lowest BCUT2D eigenvalue weighted by Crippen LogP contribution is -2.01. The number of rotatable bonds is 6. The van der Waals surface area contributed by atoms with E-state index < -0.39 is 0 Å². The molecule has 2 aromatic rings. The van der Waals surface area contributed by atoms with Crippen LogP contribution in [0.3, 0.4) is 0 Å². The molecule has 0 spiro atoms. The van der Waals surface area contributed by atoms with E-state index in [4.69, 9.17) is 0 Å². The molecule has 0 saturated carbocycles. The van der Waals surface area contributed by atoms with Gasteiger partial charge in [0.05, 0.1) is 5.69 Å². The van der Waals surface area contributed by atoms with Gasteiger partial charge in [0.2, 0.25) is 0 Å². The third-order valence-electron chi connectivity index (χ3n) is 3.47. The number of carbonyl (C=O) groups excluding carboxylic acids is 2. The van der Waals surface area contributed by atoms with Crippen LogP contribution < -0.4 is 0 Å². The van der Waals surface area contributed by atoms with Gasteiger partial charge in [0.15, 0.2) is 0 Å². The van der Waals surface area contributed by atoms with Crippen LogP contribution in [-0.4, -0.2) is 21.0 Å². The fraction of sp³-hybridized carbons (Fsp3) is 0.550. The van der Waals surface area contributed by atoms with Gasteiger partial charge >= 0.3 is 0 Å². The number of aryl methyl sites for hydroxylation is 2. The van der Waals surface area contributed by atoms with Crippen molar-refractivity contribution in [1.82, 2.24) is 9.38 Å². The number of carbonyl (C=O) groups is 2. The van der Waals surface area contributed by atoms with Gasteiger partial charge in [-0.25, -0.2) is 4.98 Å². The van der Waals surface area contributed by atoms with E-state index in [1.807, 2.05) is 59.0 Å². The first-order valence-electron chi connectivity index (χ1n) is 8.93. The number of hydrogen-bond donors (Lipinski definition) is 0. The van der Waals surface area contributed by atoms with E-state index in [9.17, 15) is 9.59 Å². The SMILES string of the molecule is CC.CCC(=O)CCc1c(C)nc2ccccn12.CCCC(C)=O. The van der Waals surface area contributed by atoms with Crippen molar-refractivity contribution in [3.8, 4) is 0 Å². The second-order valence-corrected chi connectivity index (χ2v) is 5.42. The van der Waals surface area contributed by atoms with E-state index in [2.05, 4.69) is 9.38 Å². The summed E-state index contributed by atoms with van der Waals surface area (Å²) >= 11 is 0. The van der Waals surface area contributed by atoms with Gasteiger partial charge in [-0.3, -0.25) is 4.79 Å². The lowest BCUT2D eigenvalue weighted by atomic mass is 10.1. The van der Waals surface area contributed by atoms with Crippen LogP contribution in [0.25, 0.3) is 5.65 Å². The molecule has 0 radical (unpaired) electrons. The Balaban J connectivity index is 0.000000563. The van der Waals surface area contributed by atoms with Gasteiger partial charge in [0.25, 0.3) is 0 Å². The summed E-state index contributed by atoms with van der Waals surface area (Å²) in [6, 6.07) is 5.94. The maximum atomic E-state index is 11.3. The maximum Gasteiger partial charge on any atom is 0.137 e. The predicted molar refractivity (Wildman–Crippen MR) is 100 cm³/mol. The molecule has 0 aliphatic rings. The Kier molecular flexibility index (Phi) is 11.4. The molecule has 0 aliphatic carbocycles. The minimum Gasteiger partial charge on any atom is -0.304 e. The molecule has 4 nitrogen and oxygen atoms in total. The summed E-state index contributed by atoms with van der Waals surface area (Å²) in [4.78, 5) is 25.8. The molecule has 4 heteroatoms. The van der Waals surface area contributed by atoms with Gasteiger partial charge in [0, 0.05) is 31.2 Å². The standard InChI is InChI=1S/C13H16N2O.C5H10O.C2H6/c1-3-11(16)7-8-12-10(2)14-13-6-4-5-9-15(12)13;1-3-4-5(2)6;1-2/h4-6,9H,3,7-8H2,1-2H3;3-4H2,1-2H3;1-2H3. The van der Waals surface area contributed by atoms with Crippen molar-refractivity contribution in [3.05, 3.63) is 35.8 Å². The van der Waals surface area contributed by atoms with Gasteiger partial charge in [-0.15, -0.1) is 0 Å². The number of fused-ring (bicyclic) bond motifs is 1. The number of pyridine rings is 1. The predicted octanol–water partition coefficient (Wildman–Crippen LogP) is 4.96. The highest BCUT2D eigenvalue weighted by molar-refractivity contribution is 5.78. The van der Waals surface area contributed by atoms with Crippen LogP contribution in [0.2, 0.25) is 0 Å². The second kappa shape index (κ2) is 12.5. The van der Waals surface area contributed by atoms with Crippen LogP contribution in [-0.2, 0) is 16.0 Å². The minimum absolute atomic E-state index is 0.289. The van der Waals surface area contributed by atoms with Crippen molar-refractivity contribution in [2.24, 2.45) is 0 Å². The lowest BCUT2D eigenvalue weighted by molar-refractivity contribution is -0.119. The van der Waals surface area contributed by atoms with E-state index in [0.29, 0.717) is 18.6 Å². The molecule has 2 heterocycles. The van der Waals surface area contributed by atoms with Gasteiger partial charge in [-0.1, -0.05) is 33.8 Å². The first-order valence-corrected chi connectivity index (χ1v) is 8.93. The Morgan fingerprint density at radius 1 is 1.12 bits per heavy atom. The molecule has 0 saturated heterocycles. The zero-order valence-corrected chi connectivity index (χ0v) is 16.1. The third-order valence-corrected chi connectivity index (χ3v) is 3.47. The second-order valence-electron chi connectivity index (χ2n) is 5.42. The molecular formula is C20H32N2O2. The normalized spacial score (nSPS) is 9.58. The van der Waals surface area contributed by atoms with E-state index in [1.165, 1.54) is 0 Å². The zero-order chi connectivity index (χ0) is 18.5. The van der Waals surface area contributed by atoms with Crippen molar-refractivity contribution in [2.75, 3.05) is 0 Å². The van der Waals surface area contributed by atoms with E-state index >= 15 is 0 Å². The summed E-state index contributed by atoms with van der Waals surface area (Å²) in [5.74, 6) is 0.600. The molecule has 2 aromatic heterocycles. The summed E-state index contributed by atoms with van der Waals surface area (Å²) in [5.41, 5.74) is 3.13. The maximum absolute atomic E-state index is 11.3. The van der Waals surface area contributed by atoms with Gasteiger partial charge in [-0.05, 0) is 38.8 Å². The van der Waals surface area contributed by atoms with Gasteiger partial charge in [-0.2, -0.15) is 0 Å². The Morgan fingerprint density at radius 3 is 2.29 bits per heavy atom.